The molecule has 6 heteroatoms. The van der Waals surface area contributed by atoms with Gasteiger partial charge in [0.15, 0.2) is 11.0 Å². The molecule has 1 aromatic rings. The van der Waals surface area contributed by atoms with E-state index in [-0.39, 0.29) is 0 Å². The summed E-state index contributed by atoms with van der Waals surface area (Å²) in [6.07, 6.45) is 5.15. The van der Waals surface area contributed by atoms with Crippen LogP contribution in [0.25, 0.3) is 0 Å². The van der Waals surface area contributed by atoms with Crippen molar-refractivity contribution < 1.29 is 0 Å². The number of nitrogen functional groups attached to an aromatic ring is 1. The summed E-state index contributed by atoms with van der Waals surface area (Å²) in [6, 6.07) is 1.06. The molecule has 3 heterocycles. The van der Waals surface area contributed by atoms with E-state index in [0.29, 0.717) is 28.7 Å². The van der Waals surface area contributed by atoms with Gasteiger partial charge in [0.2, 0.25) is 0 Å². The van der Waals surface area contributed by atoms with Crippen LogP contribution in [0.3, 0.4) is 0 Å². The number of halogens is 1. The third-order valence-corrected chi connectivity index (χ3v) is 4.06. The summed E-state index contributed by atoms with van der Waals surface area (Å²) < 4.78 is 0. The van der Waals surface area contributed by atoms with Crippen molar-refractivity contribution in [2.75, 3.05) is 24.1 Å². The van der Waals surface area contributed by atoms with Gasteiger partial charge >= 0.3 is 0 Å². The summed E-state index contributed by atoms with van der Waals surface area (Å²) >= 11 is 5.88. The highest BCUT2D eigenvalue weighted by atomic mass is 35.5. The number of rotatable bonds is 2. The first kappa shape index (κ1) is 11.0. The minimum Gasteiger partial charge on any atom is -0.393 e. The highest BCUT2D eigenvalue weighted by Crippen LogP contribution is 2.31. The molecule has 5 nitrogen and oxygen atoms in total. The maximum atomic E-state index is 5.88. The van der Waals surface area contributed by atoms with Crippen LogP contribution in [0.4, 0.5) is 11.5 Å². The topological polar surface area (TPSA) is 67.1 Å². The van der Waals surface area contributed by atoms with Gasteiger partial charge in [0.1, 0.15) is 12.0 Å². The van der Waals surface area contributed by atoms with Gasteiger partial charge in [-0.3, -0.25) is 4.90 Å². The standard InChI is InChI=1S/C11H16ClN5/c12-10-9(13)11(15-6-14-10)16-7-3-5-17-4-1-2-8(7)17/h6-8H,1-5,13H2,(H,14,15,16). The van der Waals surface area contributed by atoms with E-state index in [9.17, 15) is 0 Å². The molecule has 2 fully saturated rings. The smallest absolute Gasteiger partial charge is 0.157 e. The van der Waals surface area contributed by atoms with Crippen molar-refractivity contribution in [2.45, 2.75) is 31.3 Å². The second-order valence-electron chi connectivity index (χ2n) is 4.71. The zero-order valence-corrected chi connectivity index (χ0v) is 10.3. The lowest BCUT2D eigenvalue weighted by molar-refractivity contribution is 0.318. The molecule has 0 radical (unpaired) electrons. The van der Waals surface area contributed by atoms with Crippen molar-refractivity contribution in [3.05, 3.63) is 11.5 Å². The molecule has 0 spiro atoms. The number of hydrogen-bond donors (Lipinski definition) is 2. The molecule has 3 rings (SSSR count). The van der Waals surface area contributed by atoms with Gasteiger partial charge in [0.05, 0.1) is 0 Å². The molecule has 2 unspecified atom stereocenters. The molecule has 2 atom stereocenters. The zero-order valence-electron chi connectivity index (χ0n) is 9.56. The van der Waals surface area contributed by atoms with Crippen molar-refractivity contribution in [3.8, 4) is 0 Å². The van der Waals surface area contributed by atoms with Crippen LogP contribution in [0.15, 0.2) is 6.33 Å². The van der Waals surface area contributed by atoms with Crippen LogP contribution >= 0.6 is 11.6 Å². The molecular formula is C11H16ClN5. The second kappa shape index (κ2) is 4.31. The summed E-state index contributed by atoms with van der Waals surface area (Å²) in [6.45, 7) is 2.39. The predicted octanol–water partition coefficient (Wildman–Crippen LogP) is 1.36. The number of fused-ring (bicyclic) bond motifs is 1. The first-order valence-electron chi connectivity index (χ1n) is 6.02. The van der Waals surface area contributed by atoms with E-state index >= 15 is 0 Å². The van der Waals surface area contributed by atoms with Crippen LogP contribution in [0, 0.1) is 0 Å². The molecule has 2 saturated heterocycles. The molecule has 2 aliphatic rings. The van der Waals surface area contributed by atoms with E-state index in [2.05, 4.69) is 20.2 Å². The Bertz CT molecular complexity index is 424. The van der Waals surface area contributed by atoms with Crippen LogP contribution in [0.2, 0.25) is 5.15 Å². The summed E-state index contributed by atoms with van der Waals surface area (Å²) in [5.41, 5.74) is 6.31. The Labute approximate surface area is 105 Å². The van der Waals surface area contributed by atoms with Gasteiger partial charge in [-0.05, 0) is 25.8 Å². The monoisotopic (exact) mass is 253 g/mol. The van der Waals surface area contributed by atoms with Gasteiger partial charge in [-0.25, -0.2) is 9.97 Å². The van der Waals surface area contributed by atoms with Crippen LogP contribution < -0.4 is 11.1 Å². The van der Waals surface area contributed by atoms with E-state index in [0.717, 1.165) is 6.42 Å². The zero-order chi connectivity index (χ0) is 11.8. The third-order valence-electron chi connectivity index (χ3n) is 3.76. The largest absolute Gasteiger partial charge is 0.393 e. The van der Waals surface area contributed by atoms with Crippen molar-refractivity contribution >= 4 is 23.1 Å². The number of hydrogen-bond acceptors (Lipinski definition) is 5. The fourth-order valence-corrected chi connectivity index (χ4v) is 3.05. The van der Waals surface area contributed by atoms with E-state index in [1.54, 1.807) is 0 Å². The molecule has 0 bridgehead atoms. The normalized spacial score (nSPS) is 28.3. The van der Waals surface area contributed by atoms with Crippen molar-refractivity contribution in [1.82, 2.24) is 14.9 Å². The number of nitrogens with one attached hydrogen (secondary N) is 1. The van der Waals surface area contributed by atoms with Gasteiger partial charge < -0.3 is 11.1 Å². The van der Waals surface area contributed by atoms with Crippen molar-refractivity contribution in [3.63, 3.8) is 0 Å². The minimum atomic E-state index is 0.323. The Balaban J connectivity index is 1.76. The molecule has 3 N–H and O–H groups in total. The number of aromatic nitrogens is 2. The van der Waals surface area contributed by atoms with E-state index in [4.69, 9.17) is 17.3 Å². The van der Waals surface area contributed by atoms with E-state index in [1.807, 2.05) is 0 Å². The molecular weight excluding hydrogens is 238 g/mol. The summed E-state index contributed by atoms with van der Waals surface area (Å²) in [4.78, 5) is 10.6. The quantitative estimate of drug-likeness (QED) is 0.779. The van der Waals surface area contributed by atoms with Crippen LogP contribution in [0.5, 0.6) is 0 Å². The lowest BCUT2D eigenvalue weighted by atomic mass is 10.1. The molecule has 1 aromatic heterocycles. The average molecular weight is 254 g/mol. The van der Waals surface area contributed by atoms with Gasteiger partial charge in [-0.1, -0.05) is 11.6 Å². The molecule has 2 aliphatic heterocycles. The lowest BCUT2D eigenvalue weighted by Crippen LogP contribution is -2.34. The first-order valence-corrected chi connectivity index (χ1v) is 6.40. The molecule has 0 aliphatic carbocycles. The van der Waals surface area contributed by atoms with E-state index in [1.165, 1.54) is 32.3 Å². The van der Waals surface area contributed by atoms with Crippen LogP contribution in [-0.2, 0) is 0 Å². The Hall–Kier alpha value is -1.07. The fraction of sp³-hybridized carbons (Fsp3) is 0.636. The molecule has 0 saturated carbocycles. The summed E-state index contributed by atoms with van der Waals surface area (Å²) in [7, 11) is 0. The average Bonchev–Trinajstić information content (AvgIpc) is 2.89. The van der Waals surface area contributed by atoms with Gasteiger partial charge in [-0.2, -0.15) is 0 Å². The number of nitrogens with zero attached hydrogens (tertiary/aromatic N) is 3. The third kappa shape index (κ3) is 1.93. The Morgan fingerprint density at radius 1 is 1.35 bits per heavy atom. The van der Waals surface area contributed by atoms with Crippen molar-refractivity contribution in [1.29, 1.82) is 0 Å². The number of anilines is 2. The number of nitrogens with two attached hydrogens (primary N) is 1. The molecule has 92 valence electrons. The fourth-order valence-electron chi connectivity index (χ4n) is 2.92. The van der Waals surface area contributed by atoms with Gasteiger partial charge in [0, 0.05) is 18.6 Å². The van der Waals surface area contributed by atoms with Gasteiger partial charge in [-0.15, -0.1) is 0 Å². The highest BCUT2D eigenvalue weighted by molar-refractivity contribution is 6.32. The summed E-state index contributed by atoms with van der Waals surface area (Å²) in [5.74, 6) is 0.670. The maximum absolute atomic E-state index is 5.88. The molecule has 0 aromatic carbocycles. The van der Waals surface area contributed by atoms with Gasteiger partial charge in [0.25, 0.3) is 0 Å². The predicted molar refractivity (Wildman–Crippen MR) is 68.1 cm³/mol. The van der Waals surface area contributed by atoms with Crippen LogP contribution in [0.1, 0.15) is 19.3 Å². The highest BCUT2D eigenvalue weighted by Gasteiger charge is 2.37. The first-order chi connectivity index (χ1) is 8.25. The lowest BCUT2D eigenvalue weighted by Gasteiger charge is -2.22. The maximum Gasteiger partial charge on any atom is 0.157 e. The Morgan fingerprint density at radius 2 is 2.24 bits per heavy atom. The Morgan fingerprint density at radius 3 is 3.12 bits per heavy atom. The Kier molecular flexibility index (Phi) is 2.80. The second-order valence-corrected chi connectivity index (χ2v) is 5.07. The van der Waals surface area contributed by atoms with E-state index < -0.39 is 0 Å². The summed E-state index contributed by atoms with van der Waals surface area (Å²) in [5, 5.41) is 3.74. The SMILES string of the molecule is Nc1c(Cl)ncnc1NC1CCN2CCCC12. The molecule has 17 heavy (non-hydrogen) atoms. The van der Waals surface area contributed by atoms with Crippen LogP contribution in [-0.4, -0.2) is 40.0 Å². The van der Waals surface area contributed by atoms with Crippen molar-refractivity contribution in [2.24, 2.45) is 0 Å². The minimum absolute atomic E-state index is 0.323. The molecule has 0 amide bonds.